The number of carbonyl (C=O) groups excluding carboxylic acids is 1. The Bertz CT molecular complexity index is 261. The second-order valence-electron chi connectivity index (χ2n) is 3.77. The first kappa shape index (κ1) is 13.6. The van der Waals surface area contributed by atoms with Crippen molar-refractivity contribution in [2.75, 3.05) is 0 Å². The summed E-state index contributed by atoms with van der Waals surface area (Å²) in [6.45, 7) is 0. The molecule has 1 saturated carbocycles. The summed E-state index contributed by atoms with van der Waals surface area (Å²) in [5, 5.41) is -1.14. The van der Waals surface area contributed by atoms with E-state index in [1.165, 1.54) is 0 Å². The van der Waals surface area contributed by atoms with Crippen LogP contribution in [-0.4, -0.2) is 17.6 Å². The molecule has 16 heavy (non-hydrogen) atoms. The highest BCUT2D eigenvalue weighted by Crippen LogP contribution is 2.52. The number of halogens is 7. The Morgan fingerprint density at radius 1 is 0.938 bits per heavy atom. The highest BCUT2D eigenvalue weighted by atomic mass is 35.5. The lowest BCUT2D eigenvalue weighted by molar-refractivity contribution is -0.245. The molecular formula is C8H7ClF6O. The van der Waals surface area contributed by atoms with Crippen molar-refractivity contribution in [2.24, 2.45) is 17.8 Å². The predicted molar refractivity (Wildman–Crippen MR) is 42.7 cm³/mol. The van der Waals surface area contributed by atoms with E-state index in [1.54, 1.807) is 0 Å². The van der Waals surface area contributed by atoms with Gasteiger partial charge in [0.15, 0.2) is 0 Å². The average Bonchev–Trinajstić information content (AvgIpc) is 2.44. The van der Waals surface area contributed by atoms with Crippen LogP contribution < -0.4 is 0 Å². The summed E-state index contributed by atoms with van der Waals surface area (Å²) in [4.78, 5) is 10.6. The molecule has 1 nitrogen and oxygen atoms in total. The molecule has 0 radical (unpaired) electrons. The summed E-state index contributed by atoms with van der Waals surface area (Å²) in [5.74, 6) is -6.42. The maximum atomic E-state index is 12.3. The molecule has 0 aromatic rings. The summed E-state index contributed by atoms with van der Waals surface area (Å²) in [7, 11) is 0. The van der Waals surface area contributed by atoms with E-state index < -0.39 is 48.2 Å². The lowest BCUT2D eigenvalue weighted by atomic mass is 9.95. The van der Waals surface area contributed by atoms with Gasteiger partial charge in [-0.25, -0.2) is 0 Å². The zero-order valence-corrected chi connectivity index (χ0v) is 8.46. The zero-order valence-electron chi connectivity index (χ0n) is 7.70. The molecule has 2 unspecified atom stereocenters. The molecule has 0 saturated heterocycles. The second-order valence-corrected chi connectivity index (χ2v) is 4.14. The first-order valence-corrected chi connectivity index (χ1v) is 4.74. The Hall–Kier alpha value is -0.460. The number of hydrogen-bond acceptors (Lipinski definition) is 1. The van der Waals surface area contributed by atoms with E-state index in [2.05, 4.69) is 0 Å². The minimum Gasteiger partial charge on any atom is -0.281 e. The van der Waals surface area contributed by atoms with Gasteiger partial charge in [-0.1, -0.05) is 0 Å². The molecule has 1 aliphatic rings. The second kappa shape index (κ2) is 4.09. The van der Waals surface area contributed by atoms with E-state index in [9.17, 15) is 31.1 Å². The van der Waals surface area contributed by atoms with Crippen molar-refractivity contribution in [3.05, 3.63) is 0 Å². The Kier molecular flexibility index (Phi) is 3.47. The van der Waals surface area contributed by atoms with Gasteiger partial charge in [0.1, 0.15) is 0 Å². The summed E-state index contributed by atoms with van der Waals surface area (Å²) in [6.07, 6.45) is -11.7. The Morgan fingerprint density at radius 2 is 1.25 bits per heavy atom. The first-order valence-electron chi connectivity index (χ1n) is 4.36. The van der Waals surface area contributed by atoms with Crippen molar-refractivity contribution in [3.63, 3.8) is 0 Å². The van der Waals surface area contributed by atoms with Gasteiger partial charge in [-0.15, -0.1) is 0 Å². The summed E-state index contributed by atoms with van der Waals surface area (Å²) in [6, 6.07) is 0. The van der Waals surface area contributed by atoms with Crippen LogP contribution in [-0.2, 0) is 4.79 Å². The van der Waals surface area contributed by atoms with Crippen LogP contribution in [0.3, 0.4) is 0 Å². The van der Waals surface area contributed by atoms with Gasteiger partial charge in [-0.3, -0.25) is 4.79 Å². The monoisotopic (exact) mass is 268 g/mol. The molecule has 8 heteroatoms. The van der Waals surface area contributed by atoms with E-state index in [-0.39, 0.29) is 0 Å². The van der Waals surface area contributed by atoms with Crippen molar-refractivity contribution in [1.29, 1.82) is 0 Å². The summed E-state index contributed by atoms with van der Waals surface area (Å²) < 4.78 is 73.9. The van der Waals surface area contributed by atoms with Crippen LogP contribution in [0.2, 0.25) is 0 Å². The molecule has 1 rings (SSSR count). The minimum absolute atomic E-state index is 0.879. The molecule has 94 valence electrons. The van der Waals surface area contributed by atoms with Crippen LogP contribution in [0.4, 0.5) is 26.3 Å². The van der Waals surface area contributed by atoms with Gasteiger partial charge in [0, 0.05) is 5.92 Å². The SMILES string of the molecule is O=C(Cl)C1CC(C(F)(F)F)C(C(F)(F)F)C1. The lowest BCUT2D eigenvalue weighted by Crippen LogP contribution is -2.35. The molecule has 0 amide bonds. The highest BCUT2D eigenvalue weighted by molar-refractivity contribution is 6.64. The fourth-order valence-corrected chi connectivity index (χ4v) is 2.12. The first-order chi connectivity index (χ1) is 7.03. The normalized spacial score (nSPS) is 31.8. The number of carbonyl (C=O) groups is 1. The van der Waals surface area contributed by atoms with Crippen molar-refractivity contribution in [3.8, 4) is 0 Å². The van der Waals surface area contributed by atoms with E-state index in [0.29, 0.717) is 0 Å². The molecule has 2 atom stereocenters. The van der Waals surface area contributed by atoms with Gasteiger partial charge < -0.3 is 0 Å². The molecule has 0 heterocycles. The van der Waals surface area contributed by atoms with Gasteiger partial charge >= 0.3 is 12.4 Å². The van der Waals surface area contributed by atoms with Gasteiger partial charge in [0.05, 0.1) is 11.8 Å². The fourth-order valence-electron chi connectivity index (χ4n) is 1.95. The van der Waals surface area contributed by atoms with Crippen LogP contribution in [0.5, 0.6) is 0 Å². The quantitative estimate of drug-likeness (QED) is 0.525. The third-order valence-electron chi connectivity index (χ3n) is 2.72. The molecule has 0 N–H and O–H groups in total. The van der Waals surface area contributed by atoms with Gasteiger partial charge in [0.25, 0.3) is 0 Å². The molecule has 0 bridgehead atoms. The standard InChI is InChI=1S/C8H7ClF6O/c9-6(16)3-1-4(7(10,11)12)5(2-3)8(13,14)15/h3-5H,1-2H2. The third kappa shape index (κ3) is 2.81. The molecular weight excluding hydrogens is 262 g/mol. The summed E-state index contributed by atoms with van der Waals surface area (Å²) >= 11 is 4.94. The van der Waals surface area contributed by atoms with Crippen LogP contribution in [0, 0.1) is 17.8 Å². The maximum absolute atomic E-state index is 12.3. The Labute approximate surface area is 91.7 Å². The zero-order chi connectivity index (χ0) is 12.7. The Morgan fingerprint density at radius 3 is 1.44 bits per heavy atom. The largest absolute Gasteiger partial charge is 0.392 e. The maximum Gasteiger partial charge on any atom is 0.392 e. The molecule has 0 aliphatic heterocycles. The molecule has 1 aliphatic carbocycles. The van der Waals surface area contributed by atoms with Gasteiger partial charge in [0.2, 0.25) is 5.24 Å². The molecule has 0 aromatic heterocycles. The molecule has 0 spiro atoms. The highest BCUT2D eigenvalue weighted by Gasteiger charge is 2.60. The number of alkyl halides is 6. The topological polar surface area (TPSA) is 17.1 Å². The Balaban J connectivity index is 2.93. The number of rotatable bonds is 1. The van der Waals surface area contributed by atoms with Gasteiger partial charge in [-0.2, -0.15) is 26.3 Å². The van der Waals surface area contributed by atoms with Crippen LogP contribution in [0.25, 0.3) is 0 Å². The van der Waals surface area contributed by atoms with Crippen LogP contribution >= 0.6 is 11.6 Å². The van der Waals surface area contributed by atoms with E-state index in [1.807, 2.05) is 0 Å². The van der Waals surface area contributed by atoms with Crippen LogP contribution in [0.1, 0.15) is 12.8 Å². The van der Waals surface area contributed by atoms with E-state index in [0.717, 1.165) is 0 Å². The number of hydrogen-bond donors (Lipinski definition) is 0. The van der Waals surface area contributed by atoms with Gasteiger partial charge in [-0.05, 0) is 24.4 Å². The molecule has 0 aromatic carbocycles. The van der Waals surface area contributed by atoms with Crippen molar-refractivity contribution >= 4 is 16.8 Å². The van der Waals surface area contributed by atoms with Crippen molar-refractivity contribution < 1.29 is 31.1 Å². The predicted octanol–water partition coefficient (Wildman–Crippen LogP) is 3.52. The molecule has 1 fully saturated rings. The third-order valence-corrected chi connectivity index (χ3v) is 3.03. The van der Waals surface area contributed by atoms with Crippen LogP contribution in [0.15, 0.2) is 0 Å². The van der Waals surface area contributed by atoms with Crippen molar-refractivity contribution in [1.82, 2.24) is 0 Å². The minimum atomic E-state index is -4.96. The fraction of sp³-hybridized carbons (Fsp3) is 0.875. The van der Waals surface area contributed by atoms with Crippen molar-refractivity contribution in [2.45, 2.75) is 25.2 Å². The summed E-state index contributed by atoms with van der Waals surface area (Å²) in [5.41, 5.74) is 0. The smallest absolute Gasteiger partial charge is 0.281 e. The van der Waals surface area contributed by atoms with E-state index in [4.69, 9.17) is 11.6 Å². The lowest BCUT2D eigenvalue weighted by Gasteiger charge is -2.24. The van der Waals surface area contributed by atoms with E-state index >= 15 is 0 Å². The average molecular weight is 269 g/mol.